The van der Waals surface area contributed by atoms with E-state index in [0.29, 0.717) is 9.88 Å². The van der Waals surface area contributed by atoms with E-state index in [9.17, 15) is 14.7 Å². The zero-order valence-electron chi connectivity index (χ0n) is 13.2. The van der Waals surface area contributed by atoms with Gasteiger partial charge < -0.3 is 15.2 Å². The molecule has 2 aromatic rings. The summed E-state index contributed by atoms with van der Waals surface area (Å²) in [7, 11) is 0. The van der Waals surface area contributed by atoms with Crippen molar-refractivity contribution in [3.8, 4) is 0 Å². The molecule has 0 fully saturated rings. The molecule has 9 heteroatoms. The second-order valence-corrected chi connectivity index (χ2v) is 6.92. The fourth-order valence-corrected chi connectivity index (χ4v) is 2.39. The van der Waals surface area contributed by atoms with E-state index in [0.717, 1.165) is 11.3 Å². The monoisotopic (exact) mass is 338 g/mol. The third-order valence-electron chi connectivity index (χ3n) is 2.60. The summed E-state index contributed by atoms with van der Waals surface area (Å²) in [6, 6.07) is 0. The smallest absolute Gasteiger partial charge is 0.359 e. The second kappa shape index (κ2) is 6.47. The topological polar surface area (TPSA) is 117 Å². The maximum absolute atomic E-state index is 12.2. The Kier molecular flexibility index (Phi) is 4.81. The lowest BCUT2D eigenvalue weighted by Gasteiger charge is -2.19. The highest BCUT2D eigenvalue weighted by atomic mass is 32.1. The van der Waals surface area contributed by atoms with Crippen LogP contribution >= 0.6 is 11.3 Å². The number of nitrogens with one attached hydrogen (secondary N) is 2. The standard InChI is InChI=1S/C14H18N4O4S/c1-7(19)12-15-6-9(23-12)11(20)17-8-5-16-18-10(8)13(21)22-14(2,3)4/h5-7,19H,1-4H3,(H,16,18)(H,17,20). The lowest BCUT2D eigenvalue weighted by Crippen LogP contribution is -2.25. The maximum atomic E-state index is 12.2. The van der Waals surface area contributed by atoms with Crippen LogP contribution < -0.4 is 5.32 Å². The van der Waals surface area contributed by atoms with E-state index >= 15 is 0 Å². The number of aliphatic hydroxyl groups excluding tert-OH is 1. The van der Waals surface area contributed by atoms with Crippen molar-refractivity contribution in [3.63, 3.8) is 0 Å². The number of H-pyrrole nitrogens is 1. The molecule has 23 heavy (non-hydrogen) atoms. The van der Waals surface area contributed by atoms with Crippen molar-refractivity contribution in [2.75, 3.05) is 5.32 Å². The molecule has 1 amide bonds. The van der Waals surface area contributed by atoms with Crippen LogP contribution in [0, 0.1) is 0 Å². The van der Waals surface area contributed by atoms with Crippen molar-refractivity contribution in [1.29, 1.82) is 0 Å². The zero-order chi connectivity index (χ0) is 17.2. The van der Waals surface area contributed by atoms with Crippen molar-refractivity contribution in [3.05, 3.63) is 28.0 Å². The molecule has 124 valence electrons. The van der Waals surface area contributed by atoms with Gasteiger partial charge >= 0.3 is 5.97 Å². The van der Waals surface area contributed by atoms with Crippen molar-refractivity contribution in [1.82, 2.24) is 15.2 Å². The number of anilines is 1. The molecule has 1 atom stereocenters. The van der Waals surface area contributed by atoms with E-state index in [-0.39, 0.29) is 11.4 Å². The van der Waals surface area contributed by atoms with Crippen molar-refractivity contribution < 1.29 is 19.4 Å². The first-order valence-corrected chi connectivity index (χ1v) is 7.71. The zero-order valence-corrected chi connectivity index (χ0v) is 14.0. The largest absolute Gasteiger partial charge is 0.455 e. The highest BCUT2D eigenvalue weighted by Crippen LogP contribution is 2.22. The predicted octanol–water partition coefficient (Wildman–Crippen LogP) is 2.13. The SMILES string of the molecule is CC(O)c1ncc(C(=O)Nc2cn[nH]c2C(=O)OC(C)(C)C)s1. The average molecular weight is 338 g/mol. The Bertz CT molecular complexity index is 714. The van der Waals surface area contributed by atoms with Crippen molar-refractivity contribution in [2.24, 2.45) is 0 Å². The molecular formula is C14H18N4O4S. The third kappa shape index (κ3) is 4.36. The number of esters is 1. The van der Waals surface area contributed by atoms with E-state index in [1.165, 1.54) is 12.4 Å². The minimum atomic E-state index is -0.743. The van der Waals surface area contributed by atoms with E-state index < -0.39 is 23.6 Å². The number of carbonyl (C=O) groups is 2. The number of thiazole rings is 1. The van der Waals surface area contributed by atoms with Gasteiger partial charge in [0.05, 0.1) is 18.1 Å². The van der Waals surface area contributed by atoms with Crippen LogP contribution in [0.15, 0.2) is 12.4 Å². The normalized spacial score (nSPS) is 12.7. The molecule has 0 aliphatic carbocycles. The molecule has 0 radical (unpaired) electrons. The molecule has 0 bridgehead atoms. The van der Waals surface area contributed by atoms with Gasteiger partial charge in [0.2, 0.25) is 0 Å². The average Bonchev–Trinajstić information content (AvgIpc) is 3.04. The van der Waals surface area contributed by atoms with E-state index in [1.54, 1.807) is 27.7 Å². The van der Waals surface area contributed by atoms with Gasteiger partial charge in [-0.25, -0.2) is 9.78 Å². The molecule has 3 N–H and O–H groups in total. The van der Waals surface area contributed by atoms with Gasteiger partial charge in [-0.05, 0) is 27.7 Å². The molecule has 0 aromatic carbocycles. The Balaban J connectivity index is 2.13. The third-order valence-corrected chi connectivity index (χ3v) is 3.76. The number of aromatic amines is 1. The molecule has 0 aliphatic heterocycles. The lowest BCUT2D eigenvalue weighted by atomic mass is 10.2. The van der Waals surface area contributed by atoms with Gasteiger partial charge in [0.15, 0.2) is 5.69 Å². The van der Waals surface area contributed by atoms with Gasteiger partial charge in [-0.3, -0.25) is 9.89 Å². The number of hydrogen-bond donors (Lipinski definition) is 3. The summed E-state index contributed by atoms with van der Waals surface area (Å²) in [5.41, 5.74) is -0.377. The van der Waals surface area contributed by atoms with Gasteiger partial charge in [-0.15, -0.1) is 11.3 Å². The predicted molar refractivity (Wildman–Crippen MR) is 84.5 cm³/mol. The van der Waals surface area contributed by atoms with Gasteiger partial charge in [0, 0.05) is 0 Å². The van der Waals surface area contributed by atoms with Gasteiger partial charge in [0.25, 0.3) is 5.91 Å². The van der Waals surface area contributed by atoms with Crippen LogP contribution in [0.2, 0.25) is 0 Å². The van der Waals surface area contributed by atoms with Crippen LogP contribution in [0.25, 0.3) is 0 Å². The molecule has 1 unspecified atom stereocenters. The molecule has 0 spiro atoms. The first-order valence-electron chi connectivity index (χ1n) is 6.89. The minimum absolute atomic E-state index is 0.0635. The van der Waals surface area contributed by atoms with Gasteiger partial charge in [-0.1, -0.05) is 0 Å². The van der Waals surface area contributed by atoms with Gasteiger partial charge in [-0.2, -0.15) is 5.10 Å². The number of carbonyl (C=O) groups excluding carboxylic acids is 2. The number of ether oxygens (including phenoxy) is 1. The fraction of sp³-hybridized carbons (Fsp3) is 0.429. The van der Waals surface area contributed by atoms with Crippen LogP contribution in [0.1, 0.15) is 59.0 Å². The van der Waals surface area contributed by atoms with E-state index in [1.807, 2.05) is 0 Å². The van der Waals surface area contributed by atoms with Crippen LogP contribution in [-0.2, 0) is 4.74 Å². The summed E-state index contributed by atoms with van der Waals surface area (Å²) in [4.78, 5) is 28.5. The number of hydrogen-bond acceptors (Lipinski definition) is 7. The second-order valence-electron chi connectivity index (χ2n) is 5.85. The molecule has 2 aromatic heterocycles. The first kappa shape index (κ1) is 17.1. The highest BCUT2D eigenvalue weighted by Gasteiger charge is 2.23. The summed E-state index contributed by atoms with van der Waals surface area (Å²) < 4.78 is 5.24. The molecule has 0 saturated carbocycles. The van der Waals surface area contributed by atoms with Crippen molar-refractivity contribution >= 4 is 28.9 Å². The Labute approximate surface area is 136 Å². The van der Waals surface area contributed by atoms with Crippen LogP contribution in [0.3, 0.4) is 0 Å². The fourth-order valence-electron chi connectivity index (χ4n) is 1.64. The minimum Gasteiger partial charge on any atom is -0.455 e. The number of aromatic nitrogens is 3. The Morgan fingerprint density at radius 3 is 2.65 bits per heavy atom. The van der Waals surface area contributed by atoms with E-state index in [2.05, 4.69) is 20.5 Å². The number of amides is 1. The van der Waals surface area contributed by atoms with Crippen LogP contribution in [0.4, 0.5) is 5.69 Å². The summed E-state index contributed by atoms with van der Waals surface area (Å²) in [5.74, 6) is -1.06. The summed E-state index contributed by atoms with van der Waals surface area (Å²) >= 11 is 1.08. The van der Waals surface area contributed by atoms with E-state index in [4.69, 9.17) is 4.74 Å². The summed E-state index contributed by atoms with van der Waals surface area (Å²) in [5, 5.41) is 18.7. The molecule has 2 rings (SSSR count). The molecular weight excluding hydrogens is 320 g/mol. The number of nitrogens with zero attached hydrogens (tertiary/aromatic N) is 2. The maximum Gasteiger partial charge on any atom is 0.359 e. The highest BCUT2D eigenvalue weighted by molar-refractivity contribution is 7.13. The lowest BCUT2D eigenvalue weighted by molar-refractivity contribution is 0.00640. The van der Waals surface area contributed by atoms with Crippen molar-refractivity contribution in [2.45, 2.75) is 39.4 Å². The number of aliphatic hydroxyl groups is 1. The molecule has 0 aliphatic rings. The van der Waals surface area contributed by atoms with Gasteiger partial charge in [0.1, 0.15) is 21.6 Å². The Hall–Kier alpha value is -2.26. The molecule has 0 saturated heterocycles. The summed E-state index contributed by atoms with van der Waals surface area (Å²) in [6.45, 7) is 6.80. The van der Waals surface area contributed by atoms with Crippen LogP contribution in [0.5, 0.6) is 0 Å². The Morgan fingerprint density at radius 2 is 2.09 bits per heavy atom. The Morgan fingerprint density at radius 1 is 1.39 bits per heavy atom. The number of rotatable bonds is 4. The summed E-state index contributed by atoms with van der Waals surface area (Å²) in [6.07, 6.45) is 1.95. The molecule has 8 nitrogen and oxygen atoms in total. The molecule has 2 heterocycles. The first-order chi connectivity index (χ1) is 10.7. The van der Waals surface area contributed by atoms with Crippen LogP contribution in [-0.4, -0.2) is 37.8 Å². The quantitative estimate of drug-likeness (QED) is 0.735.